The molecule has 0 fully saturated rings. The van der Waals surface area contributed by atoms with Crippen molar-refractivity contribution in [3.63, 3.8) is 0 Å². The van der Waals surface area contributed by atoms with E-state index in [1.54, 1.807) is 46.2 Å². The molecule has 6 aromatic heterocycles. The number of hydrogen-bond acceptors (Lipinski definition) is 14. The number of nitrogens with zero attached hydrogens (tertiary/aromatic N) is 10. The summed E-state index contributed by atoms with van der Waals surface area (Å²) in [6, 6.07) is 15.8. The van der Waals surface area contributed by atoms with Gasteiger partial charge in [0.1, 0.15) is 25.0 Å². The van der Waals surface area contributed by atoms with Crippen molar-refractivity contribution in [2.75, 3.05) is 0 Å². The zero-order valence-electron chi connectivity index (χ0n) is 22.1. The fourth-order valence-corrected chi connectivity index (χ4v) is 3.02. The van der Waals surface area contributed by atoms with Crippen LogP contribution in [0.5, 0.6) is 0 Å². The van der Waals surface area contributed by atoms with Crippen molar-refractivity contribution in [1.29, 1.82) is 0 Å². The molecule has 0 saturated heterocycles. The predicted octanol–water partition coefficient (Wildman–Crippen LogP) is -10.1. The minimum Gasteiger partial charge on any atom is -0.457 e. The fourth-order valence-electron chi connectivity index (χ4n) is 3.02. The molecule has 0 saturated carbocycles. The number of hydrogen-bond donors (Lipinski definition) is 0. The van der Waals surface area contributed by atoms with Gasteiger partial charge in [0.25, 0.3) is 0 Å². The first-order chi connectivity index (χ1) is 19.9. The topological polar surface area (TPSA) is 363 Å². The summed E-state index contributed by atoms with van der Waals surface area (Å²) in [6.07, 6.45) is 13.5. The van der Waals surface area contributed by atoms with E-state index >= 15 is 0 Å². The molecule has 243 valence electrons. The van der Waals surface area contributed by atoms with E-state index in [-0.39, 0.29) is 28.0 Å². The van der Waals surface area contributed by atoms with Crippen LogP contribution in [-0.4, -0.2) is 35.4 Å². The van der Waals surface area contributed by atoms with Crippen molar-refractivity contribution in [1.82, 2.24) is 40.1 Å². The van der Waals surface area contributed by atoms with Gasteiger partial charge < -0.3 is 11.0 Å². The van der Waals surface area contributed by atoms with Crippen molar-refractivity contribution in [3.8, 4) is 0 Å². The van der Waals surface area contributed by atoms with Gasteiger partial charge in [0.2, 0.25) is 0 Å². The second kappa shape index (κ2) is 19.3. The first-order valence-electron chi connectivity index (χ1n) is 10.9. The number of benzene rings is 1. The SMILES string of the molecule is O.[Cu+2].[O-][Cl+3]([O-])([O-])[O-].[O-][Cl+3]([O-])([O-])[O-].[OH3+].c1cnc2c(c1)ccc1cccnc12.c1cnc2nc[n-][n+]2c1.c1cnc2nc[n-][n+]2c1. The van der Waals surface area contributed by atoms with Gasteiger partial charge in [-0.15, -0.1) is 20.5 Å². The first kappa shape index (κ1) is 40.8. The zero-order chi connectivity index (χ0) is 30.6. The number of pyridine rings is 2. The predicted molar refractivity (Wildman–Crippen MR) is 123 cm³/mol. The summed E-state index contributed by atoms with van der Waals surface area (Å²) in [5, 5.41) is 10.00. The maximum absolute atomic E-state index is 8.49. The average Bonchev–Trinajstić information content (AvgIpc) is 3.62. The number of rotatable bonds is 0. The van der Waals surface area contributed by atoms with Gasteiger partial charge in [0.15, 0.2) is 0 Å². The van der Waals surface area contributed by atoms with Gasteiger partial charge in [-0.1, -0.05) is 44.2 Å². The van der Waals surface area contributed by atoms with Crippen LogP contribution >= 0.6 is 0 Å². The van der Waals surface area contributed by atoms with Crippen LogP contribution in [0, 0.1) is 20.5 Å². The van der Waals surface area contributed by atoms with Crippen LogP contribution in [0.1, 0.15) is 0 Å². The monoisotopic (exact) mass is 718 g/mol. The second-order valence-electron chi connectivity index (χ2n) is 7.22. The van der Waals surface area contributed by atoms with Crippen LogP contribution < -0.4 is 56.5 Å². The Bertz CT molecular complexity index is 1630. The van der Waals surface area contributed by atoms with Crippen molar-refractivity contribution >= 4 is 33.4 Å². The summed E-state index contributed by atoms with van der Waals surface area (Å²) >= 11 is 0. The summed E-state index contributed by atoms with van der Waals surface area (Å²) < 4.78 is 71.2. The van der Waals surface area contributed by atoms with Crippen molar-refractivity contribution in [3.05, 3.63) is 98.4 Å². The standard InChI is InChI=1S/C12H8N2.2C5H4N4.2ClHO4.Cu.2H2O/c1-3-9-5-6-10-4-2-8-14-12(10)11(9)13-7-1;2*1-2-6-5-7-4-8-9(5)3-1;2*2-1(3,4)5;;;/h1-8H;2*1-4H;2*(H,2,3,4,5);;2*1H2/q;;;;;+2;;/p-1. The van der Waals surface area contributed by atoms with Crippen LogP contribution in [0.15, 0.2) is 98.4 Å². The Morgan fingerprint density at radius 1 is 0.511 bits per heavy atom. The molecular weight excluding hydrogens is 699 g/mol. The van der Waals surface area contributed by atoms with Crippen LogP contribution in [0.2, 0.25) is 0 Å². The number of aromatic nitrogens is 10. The molecule has 45 heavy (non-hydrogen) atoms. The third-order valence-corrected chi connectivity index (χ3v) is 4.46. The van der Waals surface area contributed by atoms with Gasteiger partial charge >= 0.3 is 28.6 Å². The van der Waals surface area contributed by atoms with E-state index in [9.17, 15) is 0 Å². The second-order valence-corrected chi connectivity index (χ2v) is 8.73. The van der Waals surface area contributed by atoms with E-state index in [2.05, 4.69) is 64.4 Å². The van der Waals surface area contributed by atoms with Gasteiger partial charge in [0, 0.05) is 35.3 Å². The smallest absolute Gasteiger partial charge is 0.457 e. The van der Waals surface area contributed by atoms with Crippen LogP contribution in [0.3, 0.4) is 0 Å². The Labute approximate surface area is 266 Å². The van der Waals surface area contributed by atoms with Crippen molar-refractivity contribution in [2.24, 2.45) is 0 Å². The van der Waals surface area contributed by atoms with Gasteiger partial charge in [0.05, 0.1) is 23.4 Å². The third-order valence-electron chi connectivity index (χ3n) is 4.46. The average molecular weight is 720 g/mol. The molecule has 0 spiro atoms. The molecule has 0 unspecified atom stereocenters. The van der Waals surface area contributed by atoms with E-state index in [1.807, 2.05) is 24.3 Å². The maximum atomic E-state index is 8.49. The van der Waals surface area contributed by atoms with Gasteiger partial charge in [-0.3, -0.25) is 20.2 Å². The molecule has 7 aromatic rings. The van der Waals surface area contributed by atoms with E-state index in [4.69, 9.17) is 37.3 Å². The minimum atomic E-state index is -4.94. The molecule has 0 bridgehead atoms. The molecule has 20 nitrogen and oxygen atoms in total. The summed E-state index contributed by atoms with van der Waals surface area (Å²) in [5.74, 6) is 1.27. The third kappa shape index (κ3) is 15.4. The molecule has 5 N–H and O–H groups in total. The Balaban J connectivity index is 0.000000560. The van der Waals surface area contributed by atoms with Crippen LogP contribution in [0.4, 0.5) is 0 Å². The molecule has 0 aliphatic heterocycles. The van der Waals surface area contributed by atoms with Crippen molar-refractivity contribution < 1.29 is 94.8 Å². The molecule has 0 amide bonds. The Hall–Kier alpha value is -4.16. The number of halogens is 2. The summed E-state index contributed by atoms with van der Waals surface area (Å²) in [7, 11) is -9.89. The Morgan fingerprint density at radius 3 is 1.18 bits per heavy atom. The van der Waals surface area contributed by atoms with E-state index < -0.39 is 20.5 Å². The number of fused-ring (bicyclic) bond motifs is 5. The first-order valence-corrected chi connectivity index (χ1v) is 13.4. The Morgan fingerprint density at radius 2 is 0.844 bits per heavy atom. The molecule has 0 atom stereocenters. The fraction of sp³-hybridized carbons (Fsp3) is 0. The molecule has 6 heterocycles. The molecular formula is C22H21Cl2CuN10O10+. The molecule has 1 radical (unpaired) electrons. The molecule has 23 heteroatoms. The normalized spacial score (nSPS) is 10.1. The largest absolute Gasteiger partial charge is 2.00 e. The summed E-state index contributed by atoms with van der Waals surface area (Å²) in [6.45, 7) is 0. The van der Waals surface area contributed by atoms with Crippen molar-refractivity contribution in [2.45, 2.75) is 0 Å². The molecule has 0 aliphatic carbocycles. The molecule has 7 rings (SSSR count). The quantitative estimate of drug-likeness (QED) is 0.0607. The summed E-state index contributed by atoms with van der Waals surface area (Å²) in [4.78, 5) is 24.3. The van der Waals surface area contributed by atoms with E-state index in [0.717, 1.165) is 21.8 Å². The van der Waals surface area contributed by atoms with Crippen LogP contribution in [0.25, 0.3) is 33.4 Å². The van der Waals surface area contributed by atoms with E-state index in [1.165, 1.54) is 12.7 Å². The van der Waals surface area contributed by atoms with Crippen LogP contribution in [-0.2, 0) is 22.5 Å². The van der Waals surface area contributed by atoms with Gasteiger partial charge in [-0.2, -0.15) is 9.03 Å². The van der Waals surface area contributed by atoms with Gasteiger partial charge in [-0.05, 0) is 12.1 Å². The molecule has 1 aromatic carbocycles. The summed E-state index contributed by atoms with van der Waals surface area (Å²) in [5.41, 5.74) is 1.95. The minimum absolute atomic E-state index is 0. The Kier molecular flexibility index (Phi) is 17.5. The maximum Gasteiger partial charge on any atom is 2.00 e. The molecule has 0 aliphatic rings. The van der Waals surface area contributed by atoms with E-state index in [0.29, 0.717) is 11.6 Å². The van der Waals surface area contributed by atoms with Gasteiger partial charge in [-0.25, -0.2) is 37.3 Å². The zero-order valence-corrected chi connectivity index (χ0v) is 24.6.